The summed E-state index contributed by atoms with van der Waals surface area (Å²) in [5.74, 6) is 0.576. The number of halogens is 2. The largest absolute Gasteiger partial charge is 0.488 e. The van der Waals surface area contributed by atoms with Crippen LogP contribution < -0.4 is 10.1 Å². The van der Waals surface area contributed by atoms with E-state index in [1.165, 1.54) is 7.11 Å². The summed E-state index contributed by atoms with van der Waals surface area (Å²) in [4.78, 5) is 11.6. The lowest BCUT2D eigenvalue weighted by Gasteiger charge is -2.17. The summed E-state index contributed by atoms with van der Waals surface area (Å²) < 4.78 is 11.9. The van der Waals surface area contributed by atoms with Crippen LogP contribution in [0.1, 0.15) is 6.42 Å². The Morgan fingerprint density at radius 3 is 2.67 bits per heavy atom. The number of methoxy groups -OCH3 is 1. The highest BCUT2D eigenvalue weighted by molar-refractivity contribution is 9.10. The normalized spacial score (nSPS) is 19.4. The van der Waals surface area contributed by atoms with E-state index >= 15 is 0 Å². The first kappa shape index (κ1) is 18.8. The van der Waals surface area contributed by atoms with Gasteiger partial charge in [0.25, 0.3) is 0 Å². The van der Waals surface area contributed by atoms with Crippen LogP contribution in [0.3, 0.4) is 0 Å². The molecule has 1 saturated heterocycles. The lowest BCUT2D eigenvalue weighted by atomic mass is 10.0. The third-order valence-corrected chi connectivity index (χ3v) is 4.39. The molecule has 6 heteroatoms. The van der Waals surface area contributed by atoms with Gasteiger partial charge in [0.1, 0.15) is 17.9 Å². The third kappa shape index (κ3) is 4.29. The van der Waals surface area contributed by atoms with Crippen molar-refractivity contribution in [1.82, 2.24) is 5.32 Å². The molecule has 128 valence electrons. The van der Waals surface area contributed by atoms with Gasteiger partial charge in [0, 0.05) is 23.0 Å². The number of esters is 1. The highest BCUT2D eigenvalue weighted by Crippen LogP contribution is 2.34. The van der Waals surface area contributed by atoms with Crippen LogP contribution in [0.5, 0.6) is 5.75 Å². The van der Waals surface area contributed by atoms with Gasteiger partial charge in [-0.05, 0) is 23.8 Å². The van der Waals surface area contributed by atoms with Crippen LogP contribution in [0.15, 0.2) is 53.0 Å². The van der Waals surface area contributed by atoms with E-state index in [2.05, 4.69) is 33.4 Å². The standard InChI is InChI=1S/C18H18BrNO3.ClH/c1-22-18(21)16-10-14(11-20-16)23-17-8-7-13(19)9-15(17)12-5-3-2-4-6-12;/h2-9,14,16,20H,10-11H2,1H3;1H/t14-,16+;/m1./s1. The molecule has 0 aromatic heterocycles. The predicted molar refractivity (Wildman–Crippen MR) is 99.7 cm³/mol. The number of hydrogen-bond donors (Lipinski definition) is 1. The number of hydrogen-bond acceptors (Lipinski definition) is 4. The highest BCUT2D eigenvalue weighted by Gasteiger charge is 2.31. The zero-order valence-corrected chi connectivity index (χ0v) is 15.6. The van der Waals surface area contributed by atoms with Crippen LogP contribution >= 0.6 is 28.3 Å². The summed E-state index contributed by atoms with van der Waals surface area (Å²) in [6.45, 7) is 0.629. The van der Waals surface area contributed by atoms with Crippen LogP contribution in [0, 0.1) is 0 Å². The van der Waals surface area contributed by atoms with Gasteiger partial charge in [0.05, 0.1) is 7.11 Å². The molecule has 4 nitrogen and oxygen atoms in total. The second-order valence-electron chi connectivity index (χ2n) is 5.47. The molecule has 0 saturated carbocycles. The molecular formula is C18H19BrClNO3. The molecule has 0 spiro atoms. The second kappa shape index (κ2) is 8.51. The highest BCUT2D eigenvalue weighted by atomic mass is 79.9. The molecule has 3 rings (SSSR count). The molecule has 2 aromatic carbocycles. The van der Waals surface area contributed by atoms with Crippen molar-refractivity contribution >= 4 is 34.3 Å². The van der Waals surface area contributed by atoms with E-state index in [1.54, 1.807) is 0 Å². The van der Waals surface area contributed by atoms with Crippen LogP contribution in [-0.2, 0) is 9.53 Å². The SMILES string of the molecule is COC(=O)[C@@H]1C[C@@H](Oc2ccc(Br)cc2-c2ccccc2)CN1.Cl. The van der Waals surface area contributed by atoms with Gasteiger partial charge < -0.3 is 14.8 Å². The fourth-order valence-corrected chi connectivity index (χ4v) is 3.10. The lowest BCUT2D eigenvalue weighted by molar-refractivity contribution is -0.142. The average Bonchev–Trinajstić information content (AvgIpc) is 3.05. The van der Waals surface area contributed by atoms with Gasteiger partial charge in [-0.3, -0.25) is 4.79 Å². The summed E-state index contributed by atoms with van der Waals surface area (Å²) in [7, 11) is 1.40. The van der Waals surface area contributed by atoms with Crippen LogP contribution in [-0.4, -0.2) is 31.8 Å². The summed E-state index contributed by atoms with van der Waals surface area (Å²) in [6, 6.07) is 15.8. The predicted octanol–water partition coefficient (Wildman–Crippen LogP) is 3.82. The smallest absolute Gasteiger partial charge is 0.323 e. The van der Waals surface area contributed by atoms with Gasteiger partial charge in [0.15, 0.2) is 0 Å². The van der Waals surface area contributed by atoms with Gasteiger partial charge in [-0.15, -0.1) is 12.4 Å². The maximum Gasteiger partial charge on any atom is 0.323 e. The number of benzene rings is 2. The Labute approximate surface area is 156 Å². The minimum absolute atomic E-state index is 0. The van der Waals surface area contributed by atoms with Gasteiger partial charge in [0.2, 0.25) is 0 Å². The molecule has 1 fully saturated rings. The fourth-order valence-electron chi connectivity index (χ4n) is 2.74. The van der Waals surface area contributed by atoms with E-state index in [0.717, 1.165) is 21.3 Å². The molecule has 0 unspecified atom stereocenters. The van der Waals surface area contributed by atoms with Crippen molar-refractivity contribution in [2.24, 2.45) is 0 Å². The number of rotatable bonds is 4. The number of nitrogens with one attached hydrogen (secondary N) is 1. The van der Waals surface area contributed by atoms with Gasteiger partial charge in [-0.25, -0.2) is 0 Å². The minimum atomic E-state index is -0.291. The second-order valence-corrected chi connectivity index (χ2v) is 6.38. The summed E-state index contributed by atoms with van der Waals surface area (Å²) in [5.41, 5.74) is 2.13. The first-order chi connectivity index (χ1) is 11.2. The third-order valence-electron chi connectivity index (χ3n) is 3.90. The zero-order chi connectivity index (χ0) is 16.2. The maximum atomic E-state index is 11.6. The monoisotopic (exact) mass is 411 g/mol. The van der Waals surface area contributed by atoms with Crippen molar-refractivity contribution in [3.63, 3.8) is 0 Å². The maximum absolute atomic E-state index is 11.6. The molecule has 24 heavy (non-hydrogen) atoms. The quantitative estimate of drug-likeness (QED) is 0.776. The zero-order valence-electron chi connectivity index (χ0n) is 13.2. The Morgan fingerprint density at radius 1 is 1.21 bits per heavy atom. The Morgan fingerprint density at radius 2 is 1.96 bits per heavy atom. The molecule has 2 atom stereocenters. The fraction of sp³-hybridized carbons (Fsp3) is 0.278. The van der Waals surface area contributed by atoms with E-state index in [4.69, 9.17) is 9.47 Å². The van der Waals surface area contributed by atoms with Crippen molar-refractivity contribution in [1.29, 1.82) is 0 Å². The van der Waals surface area contributed by atoms with E-state index in [-0.39, 0.29) is 30.5 Å². The van der Waals surface area contributed by atoms with Gasteiger partial charge >= 0.3 is 5.97 Å². The molecule has 1 heterocycles. The van der Waals surface area contributed by atoms with Crippen molar-refractivity contribution in [2.45, 2.75) is 18.6 Å². The van der Waals surface area contributed by atoms with E-state index in [1.807, 2.05) is 36.4 Å². The molecular weight excluding hydrogens is 394 g/mol. The Balaban J connectivity index is 0.00000208. The molecule has 1 N–H and O–H groups in total. The molecule has 0 radical (unpaired) electrons. The van der Waals surface area contributed by atoms with E-state index < -0.39 is 0 Å². The van der Waals surface area contributed by atoms with Crippen LogP contribution in [0.2, 0.25) is 0 Å². The first-order valence-corrected chi connectivity index (χ1v) is 8.29. The molecule has 0 bridgehead atoms. The first-order valence-electron chi connectivity index (χ1n) is 7.50. The van der Waals surface area contributed by atoms with E-state index in [9.17, 15) is 4.79 Å². The van der Waals surface area contributed by atoms with Crippen molar-refractivity contribution in [2.75, 3.05) is 13.7 Å². The molecule has 1 aliphatic rings. The average molecular weight is 413 g/mol. The Kier molecular flexibility index (Phi) is 6.66. The van der Waals surface area contributed by atoms with Crippen molar-refractivity contribution in [3.05, 3.63) is 53.0 Å². The summed E-state index contributed by atoms with van der Waals surface area (Å²) in [6.07, 6.45) is 0.555. The van der Waals surface area contributed by atoms with Crippen molar-refractivity contribution in [3.8, 4) is 16.9 Å². The lowest BCUT2D eigenvalue weighted by Crippen LogP contribution is -2.31. The molecule has 1 aliphatic heterocycles. The molecule has 2 aromatic rings. The van der Waals surface area contributed by atoms with Crippen LogP contribution in [0.4, 0.5) is 0 Å². The molecule has 0 aliphatic carbocycles. The topological polar surface area (TPSA) is 47.6 Å². The molecule has 0 amide bonds. The Hall–Kier alpha value is -1.56. The number of carbonyl (C=O) groups excluding carboxylic acids is 1. The van der Waals surface area contributed by atoms with Gasteiger partial charge in [-0.2, -0.15) is 0 Å². The number of carbonyl (C=O) groups is 1. The summed E-state index contributed by atoms with van der Waals surface area (Å²) in [5, 5.41) is 3.14. The summed E-state index contributed by atoms with van der Waals surface area (Å²) >= 11 is 3.52. The van der Waals surface area contributed by atoms with Crippen LogP contribution in [0.25, 0.3) is 11.1 Å². The van der Waals surface area contributed by atoms with Crippen molar-refractivity contribution < 1.29 is 14.3 Å². The minimum Gasteiger partial charge on any atom is -0.488 e. The van der Waals surface area contributed by atoms with E-state index in [0.29, 0.717) is 13.0 Å². The van der Waals surface area contributed by atoms with Gasteiger partial charge in [-0.1, -0.05) is 46.3 Å². The Bertz CT molecular complexity index is 696. The number of ether oxygens (including phenoxy) is 2.